The monoisotopic (exact) mass is 349 g/mol. The van der Waals surface area contributed by atoms with Crippen LogP contribution < -0.4 is 4.90 Å². The van der Waals surface area contributed by atoms with Gasteiger partial charge in [-0.05, 0) is 53.9 Å². The van der Waals surface area contributed by atoms with Crippen LogP contribution in [-0.4, -0.2) is 17.6 Å². The van der Waals surface area contributed by atoms with E-state index >= 15 is 0 Å². The van der Waals surface area contributed by atoms with Gasteiger partial charge >= 0.3 is 5.97 Å². The first-order chi connectivity index (χ1) is 10.1. The smallest absolute Gasteiger partial charge is 0.331 e. The summed E-state index contributed by atoms with van der Waals surface area (Å²) in [7, 11) is 0. The maximum absolute atomic E-state index is 13.1. The molecule has 108 valence electrons. The van der Waals surface area contributed by atoms with Crippen molar-refractivity contribution in [1.82, 2.24) is 0 Å². The molecule has 1 N–H and O–H groups in total. The number of carbonyl (C=O) groups is 1. The van der Waals surface area contributed by atoms with Crippen LogP contribution in [-0.2, 0) is 11.2 Å². The molecule has 0 saturated heterocycles. The molecule has 0 aromatic heterocycles. The third kappa shape index (κ3) is 2.65. The van der Waals surface area contributed by atoms with E-state index in [1.54, 1.807) is 17.0 Å². The fraction of sp³-hybridized carbons (Fsp3) is 0.188. The van der Waals surface area contributed by atoms with Crippen molar-refractivity contribution in [2.75, 3.05) is 11.4 Å². The molecule has 1 aliphatic heterocycles. The zero-order valence-electron chi connectivity index (χ0n) is 11.1. The number of benzene rings is 2. The first kappa shape index (κ1) is 14.1. The second-order valence-electron chi connectivity index (χ2n) is 5.00. The van der Waals surface area contributed by atoms with Gasteiger partial charge in [0.2, 0.25) is 0 Å². The number of hydrogen-bond acceptors (Lipinski definition) is 2. The number of carboxylic acids is 1. The highest BCUT2D eigenvalue weighted by molar-refractivity contribution is 9.10. The molecule has 0 spiro atoms. The van der Waals surface area contributed by atoms with Crippen LogP contribution in [0, 0.1) is 5.82 Å². The van der Waals surface area contributed by atoms with Crippen molar-refractivity contribution >= 4 is 27.6 Å². The SMILES string of the molecule is O=C(O)[C@H]1c2ccc(Br)cc2CCN1c1ccc(F)cc1. The van der Waals surface area contributed by atoms with E-state index in [-0.39, 0.29) is 5.82 Å². The quantitative estimate of drug-likeness (QED) is 0.896. The molecule has 0 bridgehead atoms. The highest BCUT2D eigenvalue weighted by Gasteiger charge is 2.33. The van der Waals surface area contributed by atoms with E-state index in [1.165, 1.54) is 12.1 Å². The maximum Gasteiger partial charge on any atom is 0.331 e. The van der Waals surface area contributed by atoms with Crippen LogP contribution in [0.25, 0.3) is 0 Å². The van der Waals surface area contributed by atoms with Crippen molar-refractivity contribution in [3.8, 4) is 0 Å². The average Bonchev–Trinajstić information content (AvgIpc) is 2.46. The normalized spacial score (nSPS) is 17.4. The fourth-order valence-corrected chi connectivity index (χ4v) is 3.18. The van der Waals surface area contributed by atoms with Crippen molar-refractivity contribution in [2.24, 2.45) is 0 Å². The summed E-state index contributed by atoms with van der Waals surface area (Å²) in [5.41, 5.74) is 2.55. The van der Waals surface area contributed by atoms with Crippen molar-refractivity contribution in [2.45, 2.75) is 12.5 Å². The molecule has 21 heavy (non-hydrogen) atoms. The van der Waals surface area contributed by atoms with Gasteiger partial charge in [-0.15, -0.1) is 0 Å². The number of anilines is 1. The lowest BCUT2D eigenvalue weighted by Gasteiger charge is -2.36. The number of fused-ring (bicyclic) bond motifs is 1. The predicted octanol–water partition coefficient (Wildman–Crippen LogP) is 3.78. The molecule has 2 aromatic rings. The Morgan fingerprint density at radius 3 is 2.62 bits per heavy atom. The van der Waals surface area contributed by atoms with Gasteiger partial charge in [-0.1, -0.05) is 22.0 Å². The largest absolute Gasteiger partial charge is 0.479 e. The van der Waals surface area contributed by atoms with Crippen molar-refractivity contribution in [3.05, 3.63) is 63.9 Å². The summed E-state index contributed by atoms with van der Waals surface area (Å²) < 4.78 is 14.0. The van der Waals surface area contributed by atoms with E-state index in [9.17, 15) is 14.3 Å². The Morgan fingerprint density at radius 1 is 1.24 bits per heavy atom. The van der Waals surface area contributed by atoms with Gasteiger partial charge < -0.3 is 10.0 Å². The van der Waals surface area contributed by atoms with Gasteiger partial charge in [0.1, 0.15) is 5.82 Å². The standard InChI is InChI=1S/C16H13BrFNO2/c17-11-1-6-14-10(9-11)7-8-19(15(14)16(20)21)13-4-2-12(18)3-5-13/h1-6,9,15H,7-8H2,(H,20,21)/t15-/m1/s1. The van der Waals surface area contributed by atoms with Crippen LogP contribution in [0.3, 0.4) is 0 Å². The van der Waals surface area contributed by atoms with E-state index in [0.717, 1.165) is 27.7 Å². The molecule has 3 rings (SSSR count). The number of carboxylic acid groups (broad SMARTS) is 1. The van der Waals surface area contributed by atoms with Gasteiger partial charge in [-0.2, -0.15) is 0 Å². The number of aliphatic carboxylic acids is 1. The van der Waals surface area contributed by atoms with Crippen LogP contribution in [0.1, 0.15) is 17.2 Å². The van der Waals surface area contributed by atoms with Gasteiger partial charge in [0, 0.05) is 16.7 Å². The second kappa shape index (κ2) is 5.48. The molecule has 5 heteroatoms. The topological polar surface area (TPSA) is 40.5 Å². The van der Waals surface area contributed by atoms with Crippen LogP contribution >= 0.6 is 15.9 Å². The molecule has 0 unspecified atom stereocenters. The molecule has 1 atom stereocenters. The van der Waals surface area contributed by atoms with Gasteiger partial charge in [0.15, 0.2) is 6.04 Å². The Morgan fingerprint density at radius 2 is 1.95 bits per heavy atom. The summed E-state index contributed by atoms with van der Waals surface area (Å²) in [6.07, 6.45) is 0.760. The lowest BCUT2D eigenvalue weighted by Crippen LogP contribution is -2.39. The van der Waals surface area contributed by atoms with Gasteiger partial charge in [0.05, 0.1) is 0 Å². The summed E-state index contributed by atoms with van der Waals surface area (Å²) in [6.45, 7) is 0.589. The lowest BCUT2D eigenvalue weighted by molar-refractivity contribution is -0.138. The van der Waals surface area contributed by atoms with Crippen LogP contribution in [0.2, 0.25) is 0 Å². The highest BCUT2D eigenvalue weighted by Crippen LogP contribution is 2.35. The first-order valence-electron chi connectivity index (χ1n) is 6.59. The summed E-state index contributed by atoms with van der Waals surface area (Å²) in [6, 6.07) is 10.9. The Labute approximate surface area is 130 Å². The molecule has 2 aromatic carbocycles. The third-order valence-electron chi connectivity index (χ3n) is 3.73. The predicted molar refractivity (Wildman–Crippen MR) is 82.0 cm³/mol. The molecule has 1 aliphatic rings. The van der Waals surface area contributed by atoms with Crippen molar-refractivity contribution in [3.63, 3.8) is 0 Å². The van der Waals surface area contributed by atoms with E-state index in [0.29, 0.717) is 6.54 Å². The molecule has 0 saturated carbocycles. The molecule has 3 nitrogen and oxygen atoms in total. The van der Waals surface area contributed by atoms with Gasteiger partial charge in [-0.25, -0.2) is 9.18 Å². The van der Waals surface area contributed by atoms with E-state index in [1.807, 2.05) is 18.2 Å². The minimum absolute atomic E-state index is 0.327. The van der Waals surface area contributed by atoms with Crippen molar-refractivity contribution < 1.29 is 14.3 Å². The lowest BCUT2D eigenvalue weighted by atomic mass is 9.92. The minimum atomic E-state index is -0.900. The van der Waals surface area contributed by atoms with E-state index in [2.05, 4.69) is 15.9 Å². The summed E-state index contributed by atoms with van der Waals surface area (Å²) in [4.78, 5) is 13.5. The van der Waals surface area contributed by atoms with E-state index < -0.39 is 12.0 Å². The van der Waals surface area contributed by atoms with Crippen LogP contribution in [0.5, 0.6) is 0 Å². The highest BCUT2D eigenvalue weighted by atomic mass is 79.9. The Bertz CT molecular complexity index is 687. The Balaban J connectivity index is 2.05. The minimum Gasteiger partial charge on any atom is -0.479 e. The van der Waals surface area contributed by atoms with Crippen LogP contribution in [0.15, 0.2) is 46.9 Å². The number of hydrogen-bond donors (Lipinski definition) is 1. The zero-order valence-corrected chi connectivity index (χ0v) is 12.7. The summed E-state index contributed by atoms with van der Waals surface area (Å²) in [5, 5.41) is 9.61. The first-order valence-corrected chi connectivity index (χ1v) is 7.39. The Hall–Kier alpha value is -1.88. The van der Waals surface area contributed by atoms with Crippen molar-refractivity contribution in [1.29, 1.82) is 0 Å². The molecule has 0 fully saturated rings. The average molecular weight is 350 g/mol. The summed E-state index contributed by atoms with van der Waals surface area (Å²) in [5.74, 6) is -1.23. The number of nitrogens with zero attached hydrogens (tertiary/aromatic N) is 1. The maximum atomic E-state index is 13.1. The number of halogens is 2. The van der Waals surface area contributed by atoms with E-state index in [4.69, 9.17) is 0 Å². The third-order valence-corrected chi connectivity index (χ3v) is 4.22. The zero-order chi connectivity index (χ0) is 15.0. The molecular weight excluding hydrogens is 337 g/mol. The molecule has 0 radical (unpaired) electrons. The van der Waals surface area contributed by atoms with Gasteiger partial charge in [0.25, 0.3) is 0 Å². The Kier molecular flexibility index (Phi) is 3.68. The fourth-order valence-electron chi connectivity index (χ4n) is 2.77. The molecule has 1 heterocycles. The molecule has 0 amide bonds. The number of rotatable bonds is 2. The molecule has 0 aliphatic carbocycles. The second-order valence-corrected chi connectivity index (χ2v) is 5.92. The molecular formula is C16H13BrFNO2. The summed E-state index contributed by atoms with van der Waals surface area (Å²) >= 11 is 3.41. The van der Waals surface area contributed by atoms with Gasteiger partial charge in [-0.3, -0.25) is 0 Å². The van der Waals surface area contributed by atoms with Crippen LogP contribution in [0.4, 0.5) is 10.1 Å².